The molecule has 4 aromatic carbocycles. The molecule has 0 radical (unpaired) electrons. The molecule has 0 aromatic heterocycles. The highest BCUT2D eigenvalue weighted by Crippen LogP contribution is 2.36. The zero-order valence-electron chi connectivity index (χ0n) is 26.1. The van der Waals surface area contributed by atoms with E-state index in [1.165, 1.54) is 55.5 Å². The van der Waals surface area contributed by atoms with Crippen LogP contribution in [-0.4, -0.2) is 58.5 Å². The fourth-order valence-corrected chi connectivity index (χ4v) is 6.39. The van der Waals surface area contributed by atoms with E-state index in [2.05, 4.69) is 5.32 Å². The standard InChI is InChI=1S/C35H38FN3O6S/c1-4-21-37-35(41)32(22-26-13-7-5-8-14-26)38(24-27-15-11-12-18-30(27)36)34(40)25-39(46(42,43)29-16-9-6-10-17-29)31-23-28(44-2)19-20-33(31)45-3/h5-20,23,32H,4,21-22,24-25H2,1-3H3,(H,37,41)/t32-/m0/s1. The highest BCUT2D eigenvalue weighted by Gasteiger charge is 2.36. The summed E-state index contributed by atoms with van der Waals surface area (Å²) >= 11 is 0. The van der Waals surface area contributed by atoms with Crippen molar-refractivity contribution in [3.05, 3.63) is 120 Å². The second-order valence-corrected chi connectivity index (χ2v) is 12.3. The Morgan fingerprint density at radius 3 is 2.15 bits per heavy atom. The number of anilines is 1. The summed E-state index contributed by atoms with van der Waals surface area (Å²) in [6.07, 6.45) is 0.772. The Hall–Kier alpha value is -4.90. The Labute approximate surface area is 269 Å². The van der Waals surface area contributed by atoms with E-state index in [0.29, 0.717) is 18.7 Å². The molecule has 0 fully saturated rings. The predicted octanol–water partition coefficient (Wildman–Crippen LogP) is 5.20. The lowest BCUT2D eigenvalue weighted by molar-refractivity contribution is -0.140. The van der Waals surface area contributed by atoms with Gasteiger partial charge in [0.15, 0.2) is 0 Å². The molecule has 0 saturated carbocycles. The zero-order valence-corrected chi connectivity index (χ0v) is 26.9. The number of sulfonamides is 1. The molecule has 0 aliphatic carbocycles. The second kappa shape index (κ2) is 15.9. The molecule has 9 nitrogen and oxygen atoms in total. The number of carbonyl (C=O) groups excluding carboxylic acids is 2. The molecule has 0 aliphatic rings. The van der Waals surface area contributed by atoms with Crippen LogP contribution in [0.25, 0.3) is 0 Å². The number of methoxy groups -OCH3 is 2. The highest BCUT2D eigenvalue weighted by molar-refractivity contribution is 7.92. The number of rotatable bonds is 15. The van der Waals surface area contributed by atoms with E-state index in [1.807, 2.05) is 37.3 Å². The van der Waals surface area contributed by atoms with Gasteiger partial charge in [0.1, 0.15) is 29.9 Å². The maximum absolute atomic E-state index is 15.1. The number of hydrogen-bond acceptors (Lipinski definition) is 6. The Morgan fingerprint density at radius 1 is 0.870 bits per heavy atom. The van der Waals surface area contributed by atoms with Gasteiger partial charge in [0, 0.05) is 31.1 Å². The van der Waals surface area contributed by atoms with Crippen LogP contribution >= 0.6 is 0 Å². The first-order valence-corrected chi connectivity index (χ1v) is 16.3. The minimum Gasteiger partial charge on any atom is -0.497 e. The van der Waals surface area contributed by atoms with E-state index >= 15 is 4.39 Å². The molecule has 46 heavy (non-hydrogen) atoms. The zero-order chi connectivity index (χ0) is 33.1. The molecule has 1 N–H and O–H groups in total. The molecule has 0 aliphatic heterocycles. The number of carbonyl (C=O) groups is 2. The minimum atomic E-state index is -4.36. The van der Waals surface area contributed by atoms with Crippen LogP contribution in [0.2, 0.25) is 0 Å². The van der Waals surface area contributed by atoms with Crippen molar-refractivity contribution < 1.29 is 31.9 Å². The number of benzene rings is 4. The largest absolute Gasteiger partial charge is 0.497 e. The Morgan fingerprint density at radius 2 is 1.52 bits per heavy atom. The van der Waals surface area contributed by atoms with E-state index < -0.39 is 40.2 Å². The number of nitrogens with zero attached hydrogens (tertiary/aromatic N) is 2. The first-order chi connectivity index (χ1) is 22.2. The van der Waals surface area contributed by atoms with Gasteiger partial charge in [-0.3, -0.25) is 13.9 Å². The van der Waals surface area contributed by atoms with Crippen molar-refractivity contribution in [1.82, 2.24) is 10.2 Å². The molecule has 11 heteroatoms. The highest BCUT2D eigenvalue weighted by atomic mass is 32.2. The predicted molar refractivity (Wildman–Crippen MR) is 175 cm³/mol. The average Bonchev–Trinajstić information content (AvgIpc) is 3.08. The molecule has 0 spiro atoms. The molecule has 0 bridgehead atoms. The lowest BCUT2D eigenvalue weighted by Gasteiger charge is -2.34. The SMILES string of the molecule is CCCNC(=O)[C@H](Cc1ccccc1)N(Cc1ccccc1F)C(=O)CN(c1cc(OC)ccc1OC)S(=O)(=O)c1ccccc1. The van der Waals surface area contributed by atoms with Crippen LogP contribution in [0.1, 0.15) is 24.5 Å². The van der Waals surface area contributed by atoms with E-state index in [1.54, 1.807) is 36.4 Å². The minimum absolute atomic E-state index is 0.0555. The third-order valence-electron chi connectivity index (χ3n) is 7.38. The van der Waals surface area contributed by atoms with Crippen molar-refractivity contribution in [2.24, 2.45) is 0 Å². The monoisotopic (exact) mass is 647 g/mol. The van der Waals surface area contributed by atoms with Crippen molar-refractivity contribution in [2.75, 3.05) is 31.6 Å². The lowest BCUT2D eigenvalue weighted by atomic mass is 10.0. The second-order valence-electron chi connectivity index (χ2n) is 10.5. The van der Waals surface area contributed by atoms with Crippen LogP contribution in [0.15, 0.2) is 108 Å². The summed E-state index contributed by atoms with van der Waals surface area (Å²) in [6.45, 7) is 1.27. The number of nitrogens with one attached hydrogen (secondary N) is 1. The van der Waals surface area contributed by atoms with Gasteiger partial charge in [-0.1, -0.05) is 73.7 Å². The molecule has 4 aromatic rings. The van der Waals surface area contributed by atoms with E-state index in [9.17, 15) is 18.0 Å². The van der Waals surface area contributed by atoms with Gasteiger partial charge in [-0.15, -0.1) is 0 Å². The van der Waals surface area contributed by atoms with E-state index in [0.717, 1.165) is 9.87 Å². The van der Waals surface area contributed by atoms with Crippen LogP contribution in [0.4, 0.5) is 10.1 Å². The van der Waals surface area contributed by atoms with Crippen molar-refractivity contribution in [3.63, 3.8) is 0 Å². The van der Waals surface area contributed by atoms with Crippen LogP contribution in [0.3, 0.4) is 0 Å². The summed E-state index contributed by atoms with van der Waals surface area (Å²) in [4.78, 5) is 29.4. The molecule has 1 atom stereocenters. The van der Waals surface area contributed by atoms with E-state index in [4.69, 9.17) is 9.47 Å². The summed E-state index contributed by atoms with van der Waals surface area (Å²) in [7, 11) is -1.54. The summed E-state index contributed by atoms with van der Waals surface area (Å²) in [5.74, 6) is -1.21. The summed E-state index contributed by atoms with van der Waals surface area (Å²) in [6, 6.07) is 26.3. The normalized spacial score (nSPS) is 11.7. The van der Waals surface area contributed by atoms with Gasteiger partial charge in [-0.25, -0.2) is 12.8 Å². The number of halogens is 1. The van der Waals surface area contributed by atoms with Crippen molar-refractivity contribution in [2.45, 2.75) is 37.2 Å². The quantitative estimate of drug-likeness (QED) is 0.190. The smallest absolute Gasteiger partial charge is 0.264 e. The summed E-state index contributed by atoms with van der Waals surface area (Å²) in [5, 5.41) is 2.87. The third-order valence-corrected chi connectivity index (χ3v) is 9.16. The topological polar surface area (TPSA) is 105 Å². The fourth-order valence-electron chi connectivity index (χ4n) is 4.95. The third kappa shape index (κ3) is 8.22. The van der Waals surface area contributed by atoms with Gasteiger partial charge < -0.3 is 19.7 Å². The van der Waals surface area contributed by atoms with Crippen LogP contribution < -0.4 is 19.1 Å². The number of hydrogen-bond donors (Lipinski definition) is 1. The number of ether oxygens (including phenoxy) is 2. The number of amides is 2. The first kappa shape index (κ1) is 34.0. The molecule has 2 amide bonds. The van der Waals surface area contributed by atoms with Crippen LogP contribution in [0, 0.1) is 5.82 Å². The first-order valence-electron chi connectivity index (χ1n) is 14.8. The van der Waals surface area contributed by atoms with Crippen LogP contribution in [-0.2, 0) is 32.6 Å². The van der Waals surface area contributed by atoms with Crippen LogP contribution in [0.5, 0.6) is 11.5 Å². The Balaban J connectivity index is 1.86. The molecule has 0 heterocycles. The maximum Gasteiger partial charge on any atom is 0.264 e. The van der Waals surface area contributed by atoms with Gasteiger partial charge in [0.2, 0.25) is 11.8 Å². The summed E-state index contributed by atoms with van der Waals surface area (Å²) in [5.41, 5.74) is 1.00. The van der Waals surface area contributed by atoms with Gasteiger partial charge in [0.05, 0.1) is 24.8 Å². The lowest BCUT2D eigenvalue weighted by Crippen LogP contribution is -2.53. The van der Waals surface area contributed by atoms with Crippen molar-refractivity contribution in [1.29, 1.82) is 0 Å². The molecule has 0 saturated heterocycles. The average molecular weight is 648 g/mol. The molecular formula is C35H38FN3O6S. The molecule has 0 unspecified atom stereocenters. The van der Waals surface area contributed by atoms with Gasteiger partial charge in [-0.2, -0.15) is 0 Å². The molecule has 4 rings (SSSR count). The van der Waals surface area contributed by atoms with Crippen molar-refractivity contribution in [3.8, 4) is 11.5 Å². The summed E-state index contributed by atoms with van der Waals surface area (Å²) < 4.78 is 55.3. The molecule has 242 valence electrons. The fraction of sp³-hybridized carbons (Fsp3) is 0.257. The Kier molecular flexibility index (Phi) is 11.7. The van der Waals surface area contributed by atoms with Gasteiger partial charge in [0.25, 0.3) is 10.0 Å². The van der Waals surface area contributed by atoms with E-state index in [-0.39, 0.29) is 34.9 Å². The van der Waals surface area contributed by atoms with Gasteiger partial charge >= 0.3 is 0 Å². The molecular weight excluding hydrogens is 609 g/mol. The maximum atomic E-state index is 15.1. The van der Waals surface area contributed by atoms with Gasteiger partial charge in [-0.05, 0) is 42.3 Å². The van der Waals surface area contributed by atoms with Crippen molar-refractivity contribution >= 4 is 27.5 Å². The Bertz CT molecular complexity index is 1720.